The highest BCUT2D eigenvalue weighted by molar-refractivity contribution is 14.1. The Kier molecular flexibility index (Phi) is 12.4. The van der Waals surface area contributed by atoms with E-state index >= 15 is 0 Å². The van der Waals surface area contributed by atoms with E-state index in [2.05, 4.69) is 5.32 Å². The van der Waals surface area contributed by atoms with Crippen LogP contribution in [0.4, 0.5) is 0 Å². The van der Waals surface area contributed by atoms with Crippen molar-refractivity contribution < 1.29 is 43.5 Å². The van der Waals surface area contributed by atoms with E-state index in [9.17, 15) is 24.6 Å². The number of amides is 2. The lowest BCUT2D eigenvalue weighted by Gasteiger charge is -2.41. The number of carbonyl (C=O) groups excluding carboxylic acids is 3. The summed E-state index contributed by atoms with van der Waals surface area (Å²) in [6.45, 7) is 3.49. The lowest BCUT2D eigenvalue weighted by Crippen LogP contribution is -2.57. The van der Waals surface area contributed by atoms with Crippen molar-refractivity contribution in [1.82, 2.24) is 10.2 Å². The van der Waals surface area contributed by atoms with E-state index in [-0.39, 0.29) is 25.5 Å². The molecule has 1 fully saturated rings. The molecule has 12 heteroatoms. The van der Waals surface area contributed by atoms with Gasteiger partial charge >= 0.3 is 0 Å². The van der Waals surface area contributed by atoms with Gasteiger partial charge < -0.3 is 39.4 Å². The first-order chi connectivity index (χ1) is 18.8. The highest BCUT2D eigenvalue weighted by atomic mass is 127. The van der Waals surface area contributed by atoms with Gasteiger partial charge in [-0.05, 0) is 67.0 Å². The smallest absolute Gasteiger partial charge is 0.252 e. The van der Waals surface area contributed by atoms with Gasteiger partial charge in [0.2, 0.25) is 5.91 Å². The van der Waals surface area contributed by atoms with Gasteiger partial charge in [-0.25, -0.2) is 0 Å². The van der Waals surface area contributed by atoms with Crippen molar-refractivity contribution in [3.8, 4) is 11.5 Å². The lowest BCUT2D eigenvalue weighted by molar-refractivity contribution is -0.148. The van der Waals surface area contributed by atoms with Crippen molar-refractivity contribution in [1.29, 1.82) is 0 Å². The average Bonchev–Trinajstić information content (AvgIpc) is 3.48. The van der Waals surface area contributed by atoms with Crippen LogP contribution in [0.5, 0.6) is 11.5 Å². The van der Waals surface area contributed by atoms with Crippen LogP contribution in [0.2, 0.25) is 0 Å². The molecule has 0 saturated carbocycles. The molecule has 0 aromatic heterocycles. The molecule has 39 heavy (non-hydrogen) atoms. The molecule has 2 amide bonds. The fraction of sp³-hybridized carbons (Fsp3) is 0.593. The summed E-state index contributed by atoms with van der Waals surface area (Å²) in [5, 5.41) is 23.4. The van der Waals surface area contributed by atoms with Gasteiger partial charge in [-0.3, -0.25) is 14.4 Å². The van der Waals surface area contributed by atoms with Gasteiger partial charge in [0.25, 0.3) is 5.91 Å². The molecule has 216 valence electrons. The number of carbonyl (C=O) groups is 3. The number of hydrogen-bond acceptors (Lipinski definition) is 9. The molecular weight excluding hydrogens is 623 g/mol. The Morgan fingerprint density at radius 3 is 2.77 bits per heavy atom. The van der Waals surface area contributed by atoms with Crippen molar-refractivity contribution in [3.05, 3.63) is 32.9 Å². The molecule has 0 spiro atoms. The third-order valence-electron chi connectivity index (χ3n) is 6.64. The summed E-state index contributed by atoms with van der Waals surface area (Å²) in [6, 6.07) is 2.36. The van der Waals surface area contributed by atoms with Crippen LogP contribution in [-0.2, 0) is 19.1 Å². The predicted molar refractivity (Wildman–Crippen MR) is 150 cm³/mol. The Balaban J connectivity index is 1.97. The van der Waals surface area contributed by atoms with Crippen LogP contribution in [0.3, 0.4) is 0 Å². The maximum atomic E-state index is 13.6. The number of nitrogens with zero attached hydrogens (tertiary/aromatic N) is 1. The highest BCUT2D eigenvalue weighted by Crippen LogP contribution is 2.37. The molecule has 11 nitrogen and oxygen atoms in total. The summed E-state index contributed by atoms with van der Waals surface area (Å²) in [6.07, 6.45) is 1.38. The maximum absolute atomic E-state index is 13.6. The van der Waals surface area contributed by atoms with Crippen LogP contribution < -0.4 is 14.8 Å². The summed E-state index contributed by atoms with van der Waals surface area (Å²) in [7, 11) is 1.44. The van der Waals surface area contributed by atoms with E-state index in [1.165, 1.54) is 19.3 Å². The van der Waals surface area contributed by atoms with Gasteiger partial charge in [-0.1, -0.05) is 0 Å². The molecule has 4 unspecified atom stereocenters. The molecule has 1 aromatic rings. The SMILES string of the molecule is CCOCCCN(C(=O)C1CCCO1)C1CC(C(=O)NCCO)=CC(Oc2c(I)cc(C=O)cc2OC)C1O. The average molecular weight is 661 g/mol. The first-order valence-electron chi connectivity index (χ1n) is 13.1. The number of aliphatic hydroxyl groups excluding tert-OH is 2. The van der Waals surface area contributed by atoms with E-state index in [1.807, 2.05) is 29.5 Å². The molecular formula is C27H37IN2O9. The second kappa shape index (κ2) is 15.5. The van der Waals surface area contributed by atoms with Crippen LogP contribution in [-0.4, -0.2) is 104 Å². The minimum absolute atomic E-state index is 0.0563. The molecule has 1 heterocycles. The van der Waals surface area contributed by atoms with Gasteiger partial charge in [0, 0.05) is 50.5 Å². The van der Waals surface area contributed by atoms with Crippen LogP contribution in [0.1, 0.15) is 43.0 Å². The van der Waals surface area contributed by atoms with Gasteiger partial charge in [0.1, 0.15) is 24.6 Å². The third kappa shape index (κ3) is 8.13. The first-order valence-corrected chi connectivity index (χ1v) is 14.2. The second-order valence-corrected chi connectivity index (χ2v) is 10.4. The summed E-state index contributed by atoms with van der Waals surface area (Å²) in [5.41, 5.74) is 0.713. The van der Waals surface area contributed by atoms with E-state index in [0.29, 0.717) is 71.7 Å². The molecule has 3 N–H and O–H groups in total. The van der Waals surface area contributed by atoms with Crippen LogP contribution in [0, 0.1) is 3.57 Å². The van der Waals surface area contributed by atoms with Crippen LogP contribution >= 0.6 is 22.6 Å². The number of benzene rings is 1. The van der Waals surface area contributed by atoms with Gasteiger partial charge in [-0.15, -0.1) is 0 Å². The monoisotopic (exact) mass is 660 g/mol. The molecule has 1 saturated heterocycles. The Morgan fingerprint density at radius 1 is 1.33 bits per heavy atom. The number of halogens is 1. The second-order valence-electron chi connectivity index (χ2n) is 9.25. The molecule has 2 aliphatic rings. The maximum Gasteiger partial charge on any atom is 0.252 e. The number of nitrogens with one attached hydrogen (secondary N) is 1. The van der Waals surface area contributed by atoms with Gasteiger partial charge in [0.05, 0.1) is 23.3 Å². The fourth-order valence-electron chi connectivity index (χ4n) is 4.72. The molecule has 0 radical (unpaired) electrons. The standard InChI is InChI=1S/C27H37IN2O9/c1-3-37-10-5-8-30(27(35)21-6-4-11-38-21)20-14-18(26(34)29-7-9-31)15-22(24(20)33)39-25-19(28)12-17(16-32)13-23(25)36-2/h12-13,15-16,20-22,24,31,33H,3-11,14H2,1-2H3,(H,29,34). The third-order valence-corrected chi connectivity index (χ3v) is 7.44. The predicted octanol–water partition coefficient (Wildman–Crippen LogP) is 1.46. The van der Waals surface area contributed by atoms with E-state index in [4.69, 9.17) is 18.9 Å². The number of hydrogen-bond donors (Lipinski definition) is 3. The minimum Gasteiger partial charge on any atom is -0.493 e. The minimum atomic E-state index is -1.19. The number of aldehydes is 1. The zero-order valence-electron chi connectivity index (χ0n) is 22.3. The summed E-state index contributed by atoms with van der Waals surface area (Å²) in [4.78, 5) is 39.5. The number of aliphatic hydroxyl groups is 2. The fourth-order valence-corrected chi connectivity index (χ4v) is 5.47. The summed E-state index contributed by atoms with van der Waals surface area (Å²) < 4.78 is 23.4. The molecule has 1 aliphatic heterocycles. The van der Waals surface area contributed by atoms with Crippen molar-refractivity contribution in [2.24, 2.45) is 0 Å². The molecule has 0 bridgehead atoms. The van der Waals surface area contributed by atoms with Crippen molar-refractivity contribution in [2.75, 3.05) is 46.6 Å². The van der Waals surface area contributed by atoms with E-state index < -0.39 is 30.3 Å². The van der Waals surface area contributed by atoms with Crippen LogP contribution in [0.25, 0.3) is 0 Å². The number of rotatable bonds is 14. The van der Waals surface area contributed by atoms with Crippen LogP contribution in [0.15, 0.2) is 23.8 Å². The number of ether oxygens (including phenoxy) is 4. The Hall–Kier alpha value is -2.26. The molecule has 1 aliphatic carbocycles. The van der Waals surface area contributed by atoms with E-state index in [0.717, 1.165) is 6.42 Å². The summed E-state index contributed by atoms with van der Waals surface area (Å²) >= 11 is 2.01. The topological polar surface area (TPSA) is 144 Å². The van der Waals surface area contributed by atoms with Crippen molar-refractivity contribution in [2.45, 2.75) is 57.0 Å². The summed E-state index contributed by atoms with van der Waals surface area (Å²) in [5.74, 6) is -0.0761. The Bertz CT molecular complexity index is 1030. The van der Waals surface area contributed by atoms with E-state index in [1.54, 1.807) is 11.0 Å². The Morgan fingerprint density at radius 2 is 2.13 bits per heavy atom. The zero-order chi connectivity index (χ0) is 28.4. The van der Waals surface area contributed by atoms with Gasteiger partial charge in [-0.2, -0.15) is 0 Å². The largest absolute Gasteiger partial charge is 0.493 e. The zero-order valence-corrected chi connectivity index (χ0v) is 24.4. The first kappa shape index (κ1) is 31.3. The van der Waals surface area contributed by atoms with Crippen molar-refractivity contribution >= 4 is 40.7 Å². The quantitative estimate of drug-likeness (QED) is 0.154. The normalized spacial score (nSPS) is 22.6. The molecule has 1 aromatic carbocycles. The number of methoxy groups -OCH3 is 1. The Labute approximate surface area is 241 Å². The van der Waals surface area contributed by atoms with Gasteiger partial charge in [0.15, 0.2) is 11.5 Å². The molecule has 4 atom stereocenters. The highest BCUT2D eigenvalue weighted by Gasteiger charge is 2.42. The van der Waals surface area contributed by atoms with Crippen molar-refractivity contribution in [3.63, 3.8) is 0 Å². The molecule has 3 rings (SSSR count). The lowest BCUT2D eigenvalue weighted by atomic mass is 9.87.